The number of hydrogen-bond donors (Lipinski definition) is 1. The number of carbonyl (C=O) groups excluding carboxylic acids is 1. The highest BCUT2D eigenvalue weighted by atomic mass is 32.2. The normalized spacial score (nSPS) is 23.7. The standard InChI is InChI=1S/C21H26O9S/c1-12-6-8-13(9-7-12)31(25,26)30-17-14(10-20(2,3)19(23)24)16(28-18(17)22)15-11-27-21(4,5)29-15/h6-9,15-16H,10-11H2,1-5H3,(H,23,24)/t15-,16+/m0/s1. The Labute approximate surface area is 181 Å². The molecule has 10 heteroatoms. The summed E-state index contributed by atoms with van der Waals surface area (Å²) >= 11 is 0. The van der Waals surface area contributed by atoms with Crippen LogP contribution in [0.15, 0.2) is 40.5 Å². The van der Waals surface area contributed by atoms with E-state index in [1.54, 1.807) is 32.9 Å². The van der Waals surface area contributed by atoms with Gasteiger partial charge in [-0.15, -0.1) is 0 Å². The lowest BCUT2D eigenvalue weighted by molar-refractivity contribution is -0.161. The second kappa shape index (κ2) is 7.92. The lowest BCUT2D eigenvalue weighted by Gasteiger charge is -2.25. The fraction of sp³-hybridized carbons (Fsp3) is 0.524. The number of carbonyl (C=O) groups is 2. The second-order valence-electron chi connectivity index (χ2n) is 8.76. The van der Waals surface area contributed by atoms with Gasteiger partial charge in [-0.1, -0.05) is 17.7 Å². The van der Waals surface area contributed by atoms with Gasteiger partial charge in [0.15, 0.2) is 11.9 Å². The molecule has 0 radical (unpaired) electrons. The molecule has 2 heterocycles. The van der Waals surface area contributed by atoms with Crippen molar-refractivity contribution < 1.29 is 41.5 Å². The minimum atomic E-state index is -4.35. The maximum absolute atomic E-state index is 12.8. The van der Waals surface area contributed by atoms with E-state index in [-0.39, 0.29) is 23.5 Å². The van der Waals surface area contributed by atoms with E-state index in [9.17, 15) is 23.1 Å². The number of rotatable bonds is 7. The van der Waals surface area contributed by atoms with Crippen LogP contribution >= 0.6 is 0 Å². The van der Waals surface area contributed by atoms with Gasteiger partial charge in [0.05, 0.1) is 12.0 Å². The summed E-state index contributed by atoms with van der Waals surface area (Å²) in [6.07, 6.45) is -1.95. The number of hydrogen-bond acceptors (Lipinski definition) is 8. The van der Waals surface area contributed by atoms with Gasteiger partial charge in [0.25, 0.3) is 0 Å². The molecule has 0 unspecified atom stereocenters. The van der Waals surface area contributed by atoms with Gasteiger partial charge in [0.2, 0.25) is 5.76 Å². The molecule has 3 rings (SSSR count). The number of aryl methyl sites for hydroxylation is 1. The molecule has 0 amide bonds. The molecule has 2 aliphatic rings. The van der Waals surface area contributed by atoms with Crippen molar-refractivity contribution in [3.05, 3.63) is 41.2 Å². The van der Waals surface area contributed by atoms with Crippen LogP contribution in [0.1, 0.15) is 39.7 Å². The summed E-state index contributed by atoms with van der Waals surface area (Å²) < 4.78 is 47.5. The highest BCUT2D eigenvalue weighted by molar-refractivity contribution is 7.86. The number of benzene rings is 1. The monoisotopic (exact) mass is 454 g/mol. The van der Waals surface area contributed by atoms with E-state index < -0.39 is 51.2 Å². The second-order valence-corrected chi connectivity index (χ2v) is 10.3. The van der Waals surface area contributed by atoms with E-state index in [1.807, 2.05) is 0 Å². The number of cyclic esters (lactones) is 1. The van der Waals surface area contributed by atoms with Crippen LogP contribution in [0.4, 0.5) is 0 Å². The summed E-state index contributed by atoms with van der Waals surface area (Å²) in [5.74, 6) is -3.58. The van der Waals surface area contributed by atoms with E-state index in [4.69, 9.17) is 18.4 Å². The van der Waals surface area contributed by atoms with E-state index in [2.05, 4.69) is 0 Å². The summed E-state index contributed by atoms with van der Waals surface area (Å²) in [7, 11) is -4.35. The Kier molecular flexibility index (Phi) is 5.94. The minimum absolute atomic E-state index is 0.0833. The summed E-state index contributed by atoms with van der Waals surface area (Å²) in [6, 6.07) is 5.92. The van der Waals surface area contributed by atoms with Crippen LogP contribution in [0.2, 0.25) is 0 Å². The first kappa shape index (κ1) is 23.2. The SMILES string of the molecule is Cc1ccc(S(=O)(=O)OC2=C(CC(C)(C)C(=O)O)[C@H]([C@@H]3COC(C)(C)O3)OC2=O)cc1. The third kappa shape index (κ3) is 4.91. The van der Waals surface area contributed by atoms with E-state index in [1.165, 1.54) is 26.0 Å². The molecule has 1 aromatic rings. The Balaban J connectivity index is 2.01. The van der Waals surface area contributed by atoms with E-state index in [0.29, 0.717) is 0 Å². The van der Waals surface area contributed by atoms with E-state index >= 15 is 0 Å². The summed E-state index contributed by atoms with van der Waals surface area (Å²) in [4.78, 5) is 24.2. The number of ether oxygens (including phenoxy) is 3. The van der Waals surface area contributed by atoms with Crippen LogP contribution in [0, 0.1) is 12.3 Å². The van der Waals surface area contributed by atoms with Crippen molar-refractivity contribution in [2.24, 2.45) is 5.41 Å². The largest absolute Gasteiger partial charge is 0.481 e. The fourth-order valence-electron chi connectivity index (χ4n) is 3.35. The highest BCUT2D eigenvalue weighted by Gasteiger charge is 2.49. The van der Waals surface area contributed by atoms with Crippen molar-refractivity contribution >= 4 is 22.1 Å². The molecule has 1 fully saturated rings. The molecule has 1 N–H and O–H groups in total. The smallest absolute Gasteiger partial charge is 0.376 e. The van der Waals surface area contributed by atoms with Crippen LogP contribution in [-0.2, 0) is 38.1 Å². The summed E-state index contributed by atoms with van der Waals surface area (Å²) in [6.45, 7) is 8.19. The number of carboxylic acids is 1. The molecule has 0 aromatic heterocycles. The molecule has 1 aromatic carbocycles. The third-order valence-corrected chi connectivity index (χ3v) is 6.37. The molecule has 0 bridgehead atoms. The number of esters is 1. The van der Waals surface area contributed by atoms with Gasteiger partial charge in [0.1, 0.15) is 11.0 Å². The molecule has 9 nitrogen and oxygen atoms in total. The zero-order valence-corrected chi connectivity index (χ0v) is 18.8. The fourth-order valence-corrected chi connectivity index (χ4v) is 4.31. The van der Waals surface area contributed by atoms with Crippen molar-refractivity contribution in [3.63, 3.8) is 0 Å². The average molecular weight is 454 g/mol. The zero-order valence-electron chi connectivity index (χ0n) is 18.0. The Bertz CT molecular complexity index is 1020. The van der Waals surface area contributed by atoms with Crippen molar-refractivity contribution in [3.8, 4) is 0 Å². The maximum Gasteiger partial charge on any atom is 0.376 e. The Morgan fingerprint density at radius 2 is 1.87 bits per heavy atom. The first-order valence-corrected chi connectivity index (χ1v) is 11.1. The van der Waals surface area contributed by atoms with Gasteiger partial charge in [-0.05, 0) is 53.2 Å². The lowest BCUT2D eigenvalue weighted by Crippen LogP contribution is -2.35. The molecule has 2 aliphatic heterocycles. The van der Waals surface area contributed by atoms with Gasteiger partial charge in [-0.3, -0.25) is 4.79 Å². The molecule has 0 aliphatic carbocycles. The van der Waals surface area contributed by atoms with Gasteiger partial charge < -0.3 is 23.5 Å². The summed E-state index contributed by atoms with van der Waals surface area (Å²) in [5.41, 5.74) is -0.360. The molecule has 0 saturated carbocycles. The van der Waals surface area contributed by atoms with E-state index in [0.717, 1.165) is 5.56 Å². The molecule has 2 atom stereocenters. The predicted octanol–water partition coefficient (Wildman–Crippen LogP) is 2.53. The topological polar surface area (TPSA) is 125 Å². The van der Waals surface area contributed by atoms with Crippen molar-refractivity contribution in [1.82, 2.24) is 0 Å². The van der Waals surface area contributed by atoms with Crippen LogP contribution in [0.5, 0.6) is 0 Å². The van der Waals surface area contributed by atoms with Crippen LogP contribution in [-0.4, -0.2) is 50.1 Å². The lowest BCUT2D eigenvalue weighted by atomic mass is 9.83. The predicted molar refractivity (Wildman–Crippen MR) is 107 cm³/mol. The van der Waals surface area contributed by atoms with Crippen LogP contribution in [0.25, 0.3) is 0 Å². The first-order valence-electron chi connectivity index (χ1n) is 9.72. The molecular formula is C21H26O9S. The minimum Gasteiger partial charge on any atom is -0.481 e. The van der Waals surface area contributed by atoms with Gasteiger partial charge in [-0.2, -0.15) is 8.42 Å². The maximum atomic E-state index is 12.8. The molecule has 31 heavy (non-hydrogen) atoms. The average Bonchev–Trinajstić information content (AvgIpc) is 3.15. The Hall–Kier alpha value is -2.43. The number of aliphatic carboxylic acids is 1. The van der Waals surface area contributed by atoms with Gasteiger partial charge in [-0.25, -0.2) is 4.79 Å². The van der Waals surface area contributed by atoms with Crippen LogP contribution < -0.4 is 0 Å². The van der Waals surface area contributed by atoms with Gasteiger partial charge >= 0.3 is 22.1 Å². The van der Waals surface area contributed by atoms with Crippen molar-refractivity contribution in [2.75, 3.05) is 6.61 Å². The summed E-state index contributed by atoms with van der Waals surface area (Å²) in [5, 5.41) is 9.56. The Morgan fingerprint density at radius 3 is 2.39 bits per heavy atom. The highest BCUT2D eigenvalue weighted by Crippen LogP contribution is 2.40. The van der Waals surface area contributed by atoms with Crippen molar-refractivity contribution in [1.29, 1.82) is 0 Å². The molecular weight excluding hydrogens is 428 g/mol. The zero-order chi connectivity index (χ0) is 23.2. The quantitative estimate of drug-likeness (QED) is 0.488. The molecule has 1 saturated heterocycles. The molecule has 170 valence electrons. The van der Waals surface area contributed by atoms with Crippen LogP contribution in [0.3, 0.4) is 0 Å². The first-order chi connectivity index (χ1) is 14.2. The number of carboxylic acid groups (broad SMARTS) is 1. The van der Waals surface area contributed by atoms with Gasteiger partial charge in [0, 0.05) is 5.57 Å². The van der Waals surface area contributed by atoms with Crippen molar-refractivity contribution in [2.45, 2.75) is 63.9 Å². The Morgan fingerprint density at radius 1 is 1.26 bits per heavy atom. The molecule has 0 spiro atoms. The third-order valence-electron chi connectivity index (χ3n) is 5.14.